The van der Waals surface area contributed by atoms with Crippen molar-refractivity contribution in [2.24, 2.45) is 39.2 Å². The number of rotatable bonds is 9. The van der Waals surface area contributed by atoms with Crippen molar-refractivity contribution in [1.29, 1.82) is 0 Å². The number of carbonyl (C=O) groups is 3. The molecule has 4 aliphatic rings. The normalized spacial score (nSPS) is 38.9. The summed E-state index contributed by atoms with van der Waals surface area (Å²) in [7, 11) is 0. The van der Waals surface area contributed by atoms with Crippen LogP contribution in [0.2, 0.25) is 0 Å². The molecule has 0 bridgehead atoms. The summed E-state index contributed by atoms with van der Waals surface area (Å²) in [5, 5.41) is 57.9. The maximum Gasteiger partial charge on any atom is 0.333 e. The number of fused-ring (bicyclic) bond motifs is 5. The number of aliphatic hydroxyl groups excluding tert-OH is 3. The number of carboxylic acids is 1. The van der Waals surface area contributed by atoms with Gasteiger partial charge in [0.2, 0.25) is 0 Å². The van der Waals surface area contributed by atoms with Crippen LogP contribution >= 0.6 is 0 Å². The lowest BCUT2D eigenvalue weighted by Crippen LogP contribution is -2.62. The molecule has 11 nitrogen and oxygen atoms in total. The van der Waals surface area contributed by atoms with Gasteiger partial charge in [0.25, 0.3) is 5.91 Å². The third-order valence-electron chi connectivity index (χ3n) is 10.8. The molecule has 11 heteroatoms. The van der Waals surface area contributed by atoms with Gasteiger partial charge >= 0.3 is 5.97 Å². The van der Waals surface area contributed by atoms with Gasteiger partial charge in [0.15, 0.2) is 18.5 Å². The molecule has 4 aliphatic carbocycles. The van der Waals surface area contributed by atoms with Crippen LogP contribution in [-0.4, -0.2) is 86.5 Å². The molecule has 0 aromatic rings. The lowest BCUT2D eigenvalue weighted by atomic mass is 9.45. The summed E-state index contributed by atoms with van der Waals surface area (Å²) >= 11 is 0. The fourth-order valence-corrected chi connectivity index (χ4v) is 8.35. The van der Waals surface area contributed by atoms with Crippen LogP contribution in [0.1, 0.15) is 72.6 Å². The van der Waals surface area contributed by atoms with Crippen molar-refractivity contribution < 1.29 is 44.8 Å². The van der Waals surface area contributed by atoms with Crippen molar-refractivity contribution in [2.75, 3.05) is 19.8 Å². The van der Waals surface area contributed by atoms with E-state index >= 15 is 0 Å². The fourth-order valence-electron chi connectivity index (χ4n) is 8.35. The first kappa shape index (κ1) is 30.6. The maximum absolute atomic E-state index is 12.6. The van der Waals surface area contributed by atoms with Gasteiger partial charge in [0, 0.05) is 17.4 Å². The smallest absolute Gasteiger partial charge is 0.333 e. The molecule has 40 heavy (non-hydrogen) atoms. The minimum atomic E-state index is -1.62. The van der Waals surface area contributed by atoms with E-state index in [0.29, 0.717) is 31.4 Å². The Kier molecular flexibility index (Phi) is 8.28. The van der Waals surface area contributed by atoms with Gasteiger partial charge in [-0.3, -0.25) is 9.59 Å². The van der Waals surface area contributed by atoms with Gasteiger partial charge in [0.05, 0.1) is 11.8 Å². The van der Waals surface area contributed by atoms with Gasteiger partial charge in [-0.05, 0) is 74.2 Å². The highest BCUT2D eigenvalue weighted by molar-refractivity contribution is 5.96. The highest BCUT2D eigenvalue weighted by Crippen LogP contribution is 2.67. The van der Waals surface area contributed by atoms with Crippen molar-refractivity contribution in [2.45, 2.75) is 90.4 Å². The summed E-state index contributed by atoms with van der Waals surface area (Å²) in [5.41, 5.74) is -1.83. The number of carbonyl (C=O) groups excluding carboxylic acids is 2. The van der Waals surface area contributed by atoms with Crippen molar-refractivity contribution >= 4 is 23.4 Å². The highest BCUT2D eigenvalue weighted by Gasteiger charge is 2.68. The lowest BCUT2D eigenvalue weighted by molar-refractivity contribution is -0.181. The quantitative estimate of drug-likeness (QED) is 0.224. The first-order valence-corrected chi connectivity index (χ1v) is 14.2. The summed E-state index contributed by atoms with van der Waals surface area (Å²) in [6.45, 7) is 6.07. The van der Waals surface area contributed by atoms with Crippen molar-refractivity contribution in [3.8, 4) is 0 Å². The number of amides is 1. The second-order valence-electron chi connectivity index (χ2n) is 13.5. The molecule has 0 unspecified atom stereocenters. The Morgan fingerprint density at radius 2 is 1.90 bits per heavy atom. The Morgan fingerprint density at radius 3 is 2.55 bits per heavy atom. The number of aliphatic hydroxyl groups is 4. The number of hydrogen-bond acceptors (Lipinski definition) is 9. The van der Waals surface area contributed by atoms with Crippen LogP contribution in [0.25, 0.3) is 0 Å². The Labute approximate surface area is 234 Å². The number of carboxylic acid groups (broad SMARTS) is 1. The molecule has 0 aliphatic heterocycles. The molecule has 3 saturated carbocycles. The highest BCUT2D eigenvalue weighted by atomic mass is 16.6. The third-order valence-corrected chi connectivity index (χ3v) is 10.8. The number of aliphatic carboxylic acids is 1. The SMILES string of the molecule is CC(C)(CNC(=O)CO/N=C1/C=C2CC[C@H]3[C@H]([C@H](O)C[C@@]4(C)[C@@H]3CC[C@]4(O)C(=O)CO)[C@@]2(C)CC1)[C@H](O)C(=O)O. The Morgan fingerprint density at radius 1 is 1.20 bits per heavy atom. The molecule has 0 saturated heterocycles. The minimum absolute atomic E-state index is 0.0186. The van der Waals surface area contributed by atoms with E-state index in [1.165, 1.54) is 5.57 Å². The number of nitrogens with one attached hydrogen (secondary N) is 1. The van der Waals surface area contributed by atoms with Gasteiger partial charge in [-0.15, -0.1) is 0 Å². The molecule has 6 N–H and O–H groups in total. The molecule has 224 valence electrons. The van der Waals surface area contributed by atoms with E-state index in [0.717, 1.165) is 19.3 Å². The summed E-state index contributed by atoms with van der Waals surface area (Å²) in [6, 6.07) is 0. The molecule has 1 amide bonds. The average Bonchev–Trinajstić information content (AvgIpc) is 3.17. The van der Waals surface area contributed by atoms with Crippen LogP contribution in [-0.2, 0) is 19.2 Å². The molecular formula is C29H44N2O9. The number of hydrogen-bond donors (Lipinski definition) is 6. The van der Waals surface area contributed by atoms with E-state index in [1.54, 1.807) is 13.8 Å². The van der Waals surface area contributed by atoms with Crippen LogP contribution in [0.15, 0.2) is 16.8 Å². The summed E-state index contributed by atoms with van der Waals surface area (Å²) < 4.78 is 0. The predicted octanol–water partition coefficient (Wildman–Crippen LogP) is 1.17. The monoisotopic (exact) mass is 564 g/mol. The molecule has 0 aromatic heterocycles. The number of ketones is 1. The van der Waals surface area contributed by atoms with Crippen molar-refractivity contribution in [3.63, 3.8) is 0 Å². The van der Waals surface area contributed by atoms with E-state index in [4.69, 9.17) is 9.94 Å². The second kappa shape index (κ2) is 10.8. The molecular weight excluding hydrogens is 520 g/mol. The predicted molar refractivity (Wildman–Crippen MR) is 144 cm³/mol. The zero-order chi connectivity index (χ0) is 29.7. The Balaban J connectivity index is 1.41. The number of allylic oxidation sites excluding steroid dienone is 2. The van der Waals surface area contributed by atoms with E-state index in [-0.39, 0.29) is 36.3 Å². The number of nitrogens with zero attached hydrogens (tertiary/aromatic N) is 1. The van der Waals surface area contributed by atoms with Gasteiger partial charge < -0.3 is 35.7 Å². The van der Waals surface area contributed by atoms with Gasteiger partial charge in [-0.2, -0.15) is 0 Å². The molecule has 0 radical (unpaired) electrons. The Bertz CT molecular complexity index is 1100. The standard InChI is InChI=1S/C29H44N2O9/c1-26(2,24(36)25(37)38)15-30-22(35)14-40-31-17-7-9-27(3)16(11-17)5-6-18-19-8-10-29(39,21(34)13-32)28(19,4)12-20(33)23(18)27/h11,18-20,23-24,32-33,36,39H,5-10,12-15H2,1-4H3,(H,30,35)(H,37,38)/b31-17+/t18-,19-,20-,23-,24-,27+,28+,29+/m1/s1. The van der Waals surface area contributed by atoms with Crippen LogP contribution in [0, 0.1) is 34.0 Å². The average molecular weight is 565 g/mol. The second-order valence-corrected chi connectivity index (χ2v) is 13.5. The first-order chi connectivity index (χ1) is 18.6. The molecule has 0 aromatic carbocycles. The number of Topliss-reactive ketones (excluding diaryl/α,β-unsaturated/α-hetero) is 1. The lowest BCUT2D eigenvalue weighted by Gasteiger charge is -2.60. The maximum atomic E-state index is 12.6. The third kappa shape index (κ3) is 4.99. The molecule has 0 spiro atoms. The van der Waals surface area contributed by atoms with Crippen LogP contribution in [0.5, 0.6) is 0 Å². The zero-order valence-electron chi connectivity index (χ0n) is 23.9. The van der Waals surface area contributed by atoms with E-state index < -0.39 is 52.9 Å². The molecule has 0 heterocycles. The largest absolute Gasteiger partial charge is 0.479 e. The van der Waals surface area contributed by atoms with Crippen LogP contribution in [0.4, 0.5) is 0 Å². The number of oxime groups is 1. The van der Waals surface area contributed by atoms with Gasteiger partial charge in [-0.1, -0.05) is 38.4 Å². The zero-order valence-corrected chi connectivity index (χ0v) is 23.9. The summed E-state index contributed by atoms with van der Waals surface area (Å²) in [6.07, 6.45) is 3.96. The van der Waals surface area contributed by atoms with Crippen molar-refractivity contribution in [3.05, 3.63) is 11.6 Å². The molecule has 3 fully saturated rings. The van der Waals surface area contributed by atoms with E-state index in [1.807, 2.05) is 13.0 Å². The summed E-state index contributed by atoms with van der Waals surface area (Å²) in [5.74, 6) is -2.18. The first-order valence-electron chi connectivity index (χ1n) is 14.2. The van der Waals surface area contributed by atoms with Gasteiger partial charge in [0.1, 0.15) is 12.2 Å². The minimum Gasteiger partial charge on any atom is -0.479 e. The van der Waals surface area contributed by atoms with Gasteiger partial charge in [-0.25, -0.2) is 4.79 Å². The molecule has 4 rings (SSSR count). The Hall–Kier alpha value is -2.34. The molecule has 8 atom stereocenters. The van der Waals surface area contributed by atoms with E-state index in [9.17, 15) is 34.8 Å². The summed E-state index contributed by atoms with van der Waals surface area (Å²) in [4.78, 5) is 41.1. The van der Waals surface area contributed by atoms with Crippen LogP contribution < -0.4 is 5.32 Å². The van der Waals surface area contributed by atoms with Crippen molar-refractivity contribution in [1.82, 2.24) is 5.32 Å². The van der Waals surface area contributed by atoms with E-state index in [2.05, 4.69) is 17.4 Å². The van der Waals surface area contributed by atoms with Crippen LogP contribution in [0.3, 0.4) is 0 Å². The fraction of sp³-hybridized carbons (Fsp3) is 0.793. The topological polar surface area (TPSA) is 186 Å².